The van der Waals surface area contributed by atoms with E-state index >= 15 is 0 Å². The third kappa shape index (κ3) is 2.61. The van der Waals surface area contributed by atoms with Crippen molar-refractivity contribution < 1.29 is 19.8 Å². The molecule has 2 N–H and O–H groups in total. The number of amides is 1. The molecule has 1 amide bonds. The maximum absolute atomic E-state index is 12.3. The van der Waals surface area contributed by atoms with Crippen molar-refractivity contribution in [3.63, 3.8) is 0 Å². The van der Waals surface area contributed by atoms with E-state index < -0.39 is 18.0 Å². The van der Waals surface area contributed by atoms with E-state index in [2.05, 4.69) is 4.90 Å². The number of aliphatic hydroxyl groups is 1. The number of carboxylic acid groups (broad SMARTS) is 1. The number of hydrogen-bond acceptors (Lipinski definition) is 5. The molecule has 0 bridgehead atoms. The number of aliphatic hydroxyl groups excluding tert-OH is 1. The number of fused-ring (bicyclic) bond motifs is 1. The molecule has 0 aromatic rings. The number of carbonyl (C=O) groups is 2. The average molecular weight is 383 g/mol. The molecule has 0 spiro atoms. The van der Waals surface area contributed by atoms with Crippen LogP contribution in [0.3, 0.4) is 0 Å². The fraction of sp³-hybridized carbons (Fsp3) is 0.706. The second-order valence-corrected chi connectivity index (χ2v) is 9.29. The molecular weight excluding hydrogens is 360 g/mol. The number of thiocarbonyl (C=S) groups is 1. The van der Waals surface area contributed by atoms with Gasteiger partial charge in [-0.05, 0) is 19.8 Å². The van der Waals surface area contributed by atoms with E-state index in [0.29, 0.717) is 11.2 Å². The zero-order valence-corrected chi connectivity index (χ0v) is 15.8. The van der Waals surface area contributed by atoms with E-state index in [-0.39, 0.29) is 23.6 Å². The Morgan fingerprint density at radius 3 is 2.52 bits per heavy atom. The van der Waals surface area contributed by atoms with Crippen LogP contribution in [-0.4, -0.2) is 67.4 Å². The number of likely N-dealkylation sites (tertiary alicyclic amines) is 1. The summed E-state index contributed by atoms with van der Waals surface area (Å²) in [4.78, 5) is 29.5. The highest BCUT2D eigenvalue weighted by atomic mass is 32.2. The molecule has 4 aliphatic rings. The summed E-state index contributed by atoms with van der Waals surface area (Å²) in [6.45, 7) is 5.26. The molecule has 4 atom stereocenters. The summed E-state index contributed by atoms with van der Waals surface area (Å²) in [5, 5.41) is 19.8. The fourth-order valence-electron chi connectivity index (χ4n) is 4.14. The molecule has 4 rings (SSSR count). The van der Waals surface area contributed by atoms with Crippen molar-refractivity contribution in [1.82, 2.24) is 9.80 Å². The average Bonchev–Trinajstić information content (AvgIpc) is 3.29. The van der Waals surface area contributed by atoms with Gasteiger partial charge in [0.1, 0.15) is 5.70 Å². The predicted octanol–water partition coefficient (Wildman–Crippen LogP) is 1.29. The number of thioether (sulfide) groups is 1. The van der Waals surface area contributed by atoms with E-state index in [9.17, 15) is 19.8 Å². The molecule has 6 nitrogen and oxygen atoms in total. The van der Waals surface area contributed by atoms with Gasteiger partial charge in [-0.2, -0.15) is 0 Å². The van der Waals surface area contributed by atoms with Gasteiger partial charge in [0, 0.05) is 35.1 Å². The number of β-lactam (4-membered cyclic amide) rings is 1. The van der Waals surface area contributed by atoms with Crippen LogP contribution in [0.5, 0.6) is 0 Å². The molecule has 25 heavy (non-hydrogen) atoms. The van der Waals surface area contributed by atoms with Crippen LogP contribution in [0.25, 0.3) is 0 Å². The second-order valence-electron chi connectivity index (χ2n) is 7.53. The van der Waals surface area contributed by atoms with Crippen LogP contribution in [0.15, 0.2) is 10.6 Å². The van der Waals surface area contributed by atoms with Crippen molar-refractivity contribution in [3.8, 4) is 0 Å². The Bertz CT molecular complexity index is 682. The first-order valence-electron chi connectivity index (χ1n) is 8.75. The fourth-order valence-corrected chi connectivity index (χ4v) is 6.04. The lowest BCUT2D eigenvalue weighted by molar-refractivity contribution is -0.163. The molecule has 2 saturated heterocycles. The Morgan fingerprint density at radius 1 is 1.36 bits per heavy atom. The topological polar surface area (TPSA) is 81.1 Å². The summed E-state index contributed by atoms with van der Waals surface area (Å²) >= 11 is 7.05. The molecular formula is C17H22N2O4S2. The minimum absolute atomic E-state index is 0.0576. The summed E-state index contributed by atoms with van der Waals surface area (Å²) in [6, 6.07) is -0.232. The molecule has 8 heteroatoms. The molecule has 3 fully saturated rings. The van der Waals surface area contributed by atoms with E-state index in [0.717, 1.165) is 23.0 Å². The van der Waals surface area contributed by atoms with E-state index in [1.165, 1.54) is 17.7 Å². The Morgan fingerprint density at radius 2 is 2.00 bits per heavy atom. The molecule has 3 aliphatic heterocycles. The lowest BCUT2D eigenvalue weighted by Gasteiger charge is -2.46. The number of carboxylic acids is 1. The lowest BCUT2D eigenvalue weighted by atomic mass is 9.79. The zero-order chi connectivity index (χ0) is 18.0. The summed E-state index contributed by atoms with van der Waals surface area (Å²) in [7, 11) is 0. The first-order chi connectivity index (χ1) is 11.8. The van der Waals surface area contributed by atoms with Crippen LogP contribution in [-0.2, 0) is 9.59 Å². The van der Waals surface area contributed by atoms with Gasteiger partial charge in [-0.15, -0.1) is 11.8 Å². The normalized spacial score (nSPS) is 33.1. The van der Waals surface area contributed by atoms with Crippen LogP contribution in [0.1, 0.15) is 26.7 Å². The van der Waals surface area contributed by atoms with Crippen LogP contribution in [0.4, 0.5) is 0 Å². The van der Waals surface area contributed by atoms with Crippen molar-refractivity contribution in [2.24, 2.45) is 17.8 Å². The van der Waals surface area contributed by atoms with Gasteiger partial charge in [-0.3, -0.25) is 4.79 Å². The molecule has 0 radical (unpaired) electrons. The van der Waals surface area contributed by atoms with Crippen molar-refractivity contribution in [2.75, 3.05) is 13.1 Å². The number of rotatable bonds is 5. The Hall–Kier alpha value is -1.12. The zero-order valence-electron chi connectivity index (χ0n) is 14.2. The van der Waals surface area contributed by atoms with Crippen LogP contribution in [0, 0.1) is 17.8 Å². The first-order valence-corrected chi connectivity index (χ1v) is 10.0. The van der Waals surface area contributed by atoms with Crippen LogP contribution >= 0.6 is 24.0 Å². The Labute approximate surface area is 156 Å². The van der Waals surface area contributed by atoms with E-state index in [1.807, 2.05) is 6.92 Å². The van der Waals surface area contributed by atoms with Gasteiger partial charge in [-0.1, -0.05) is 19.1 Å². The standard InChI is InChI=1S/C17H22N2O4S2/c1-7-12-11(8(2)20)15(21)19(12)13(17(22)23)14(7)25-10-5-18(6-10)16(24)9-3-4-9/h7-12,20H,3-6H2,1-2H3,(H,22,23)/t7-,8-,11-,12-/m1/s1. The first kappa shape index (κ1) is 17.3. The van der Waals surface area contributed by atoms with Crippen LogP contribution < -0.4 is 0 Å². The summed E-state index contributed by atoms with van der Waals surface area (Å²) < 4.78 is 0. The van der Waals surface area contributed by atoms with Gasteiger partial charge in [0.2, 0.25) is 5.91 Å². The van der Waals surface area contributed by atoms with Gasteiger partial charge in [-0.25, -0.2) is 4.79 Å². The smallest absolute Gasteiger partial charge is 0.353 e. The highest BCUT2D eigenvalue weighted by Gasteiger charge is 2.60. The molecule has 136 valence electrons. The molecule has 1 aliphatic carbocycles. The minimum atomic E-state index is -1.06. The maximum Gasteiger partial charge on any atom is 0.353 e. The highest BCUT2D eigenvalue weighted by molar-refractivity contribution is 8.03. The molecule has 3 heterocycles. The quantitative estimate of drug-likeness (QED) is 0.548. The van der Waals surface area contributed by atoms with Gasteiger partial charge in [0.15, 0.2) is 0 Å². The van der Waals surface area contributed by atoms with Gasteiger partial charge in [0.25, 0.3) is 0 Å². The third-order valence-electron chi connectivity index (χ3n) is 5.69. The predicted molar refractivity (Wildman–Crippen MR) is 97.9 cm³/mol. The monoisotopic (exact) mass is 382 g/mol. The van der Waals surface area contributed by atoms with Gasteiger partial charge >= 0.3 is 5.97 Å². The lowest BCUT2D eigenvalue weighted by Crippen LogP contribution is -2.63. The van der Waals surface area contributed by atoms with Gasteiger partial charge < -0.3 is 20.0 Å². The van der Waals surface area contributed by atoms with Crippen molar-refractivity contribution in [1.29, 1.82) is 0 Å². The molecule has 0 aromatic carbocycles. The maximum atomic E-state index is 12.3. The Kier molecular flexibility index (Phi) is 4.12. The van der Waals surface area contributed by atoms with Crippen molar-refractivity contribution in [2.45, 2.75) is 44.1 Å². The SMILES string of the molecule is C[C@@H](O)[C@H]1C(=O)N2C(C(=O)O)=C(SC3CN(C(=S)C4CC4)C3)[C@H](C)[C@H]12. The van der Waals surface area contributed by atoms with Crippen LogP contribution in [0.2, 0.25) is 0 Å². The molecule has 0 unspecified atom stereocenters. The third-order valence-corrected chi connectivity index (χ3v) is 7.73. The van der Waals surface area contributed by atoms with E-state index in [4.69, 9.17) is 12.2 Å². The number of aliphatic carboxylic acids is 1. The Balaban J connectivity index is 1.48. The molecule has 1 saturated carbocycles. The largest absolute Gasteiger partial charge is 0.477 e. The van der Waals surface area contributed by atoms with E-state index in [1.54, 1.807) is 18.7 Å². The number of hydrogen-bond donors (Lipinski definition) is 2. The summed E-state index contributed by atoms with van der Waals surface area (Å²) in [5.41, 5.74) is 0.118. The summed E-state index contributed by atoms with van der Waals surface area (Å²) in [6.07, 6.45) is 1.63. The number of carbonyl (C=O) groups excluding carboxylic acids is 1. The summed E-state index contributed by atoms with van der Waals surface area (Å²) in [5.74, 6) is -1.31. The minimum Gasteiger partial charge on any atom is -0.477 e. The van der Waals surface area contributed by atoms with Gasteiger partial charge in [0.05, 0.1) is 23.1 Å². The highest BCUT2D eigenvalue weighted by Crippen LogP contribution is 2.52. The number of nitrogens with zero attached hydrogens (tertiary/aromatic N) is 2. The molecule has 0 aromatic heterocycles. The van der Waals surface area contributed by atoms with Crippen molar-refractivity contribution >= 4 is 40.8 Å². The second kappa shape index (κ2) is 5.96. The van der Waals surface area contributed by atoms with Crippen molar-refractivity contribution in [3.05, 3.63) is 10.6 Å².